The number of aliphatic hydroxyl groups is 1. The first-order valence-electron chi connectivity index (χ1n) is 7.08. The van der Waals surface area contributed by atoms with E-state index >= 15 is 0 Å². The molecule has 106 valence electrons. The summed E-state index contributed by atoms with van der Waals surface area (Å²) in [5.74, 6) is -0.180. The third-order valence-electron chi connectivity index (χ3n) is 4.13. The van der Waals surface area contributed by atoms with Crippen LogP contribution in [0.1, 0.15) is 48.0 Å². The monoisotopic (exact) mass is 272 g/mol. The quantitative estimate of drug-likeness (QED) is 0.882. The van der Waals surface area contributed by atoms with Crippen LogP contribution < -0.4 is 5.32 Å². The Morgan fingerprint density at radius 1 is 1.35 bits per heavy atom. The van der Waals surface area contributed by atoms with Crippen LogP contribution in [0.4, 0.5) is 0 Å². The lowest BCUT2D eigenvalue weighted by atomic mass is 9.74. The van der Waals surface area contributed by atoms with E-state index in [-0.39, 0.29) is 17.9 Å². The number of benzene rings is 1. The van der Waals surface area contributed by atoms with E-state index in [2.05, 4.69) is 5.32 Å². The van der Waals surface area contributed by atoms with Crippen LogP contribution in [-0.2, 0) is 0 Å². The summed E-state index contributed by atoms with van der Waals surface area (Å²) in [6, 6.07) is 8.69. The molecule has 1 fully saturated rings. The largest absolute Gasteiger partial charge is 0.396 e. The van der Waals surface area contributed by atoms with Crippen LogP contribution >= 0.6 is 0 Å². The summed E-state index contributed by atoms with van der Waals surface area (Å²) >= 11 is 0. The first kappa shape index (κ1) is 14.5. The maximum atomic E-state index is 12.1. The molecule has 1 aliphatic rings. The number of carbonyl (C=O) groups excluding carboxylic acids is 1. The first-order chi connectivity index (χ1) is 9.69. The molecule has 1 saturated carbocycles. The van der Waals surface area contributed by atoms with Crippen LogP contribution in [0, 0.1) is 16.7 Å². The number of aliphatic hydroxyl groups excluding tert-OH is 1. The topological polar surface area (TPSA) is 73.1 Å². The van der Waals surface area contributed by atoms with Crippen LogP contribution in [0.25, 0.3) is 0 Å². The van der Waals surface area contributed by atoms with E-state index < -0.39 is 0 Å². The highest BCUT2D eigenvalue weighted by Gasteiger charge is 2.31. The summed E-state index contributed by atoms with van der Waals surface area (Å²) in [6.45, 7) is 0.616. The van der Waals surface area contributed by atoms with Gasteiger partial charge in [0.25, 0.3) is 5.91 Å². The van der Waals surface area contributed by atoms with Crippen molar-refractivity contribution in [3.05, 3.63) is 35.4 Å². The maximum absolute atomic E-state index is 12.1. The van der Waals surface area contributed by atoms with Gasteiger partial charge in [-0.15, -0.1) is 0 Å². The standard InChI is InChI=1S/C16H20N2O2/c17-10-13-5-4-6-14(9-13)15(20)18-11-16(12-19)7-2-1-3-8-16/h4-6,9,19H,1-3,7-8,11-12H2,(H,18,20). The normalized spacial score (nSPS) is 17.2. The molecule has 2 N–H and O–H groups in total. The molecular weight excluding hydrogens is 252 g/mol. The van der Waals surface area contributed by atoms with Crippen molar-refractivity contribution in [1.82, 2.24) is 5.32 Å². The van der Waals surface area contributed by atoms with E-state index in [0.29, 0.717) is 17.7 Å². The number of rotatable bonds is 4. The van der Waals surface area contributed by atoms with Gasteiger partial charge in [0.2, 0.25) is 0 Å². The van der Waals surface area contributed by atoms with Crippen molar-refractivity contribution in [2.45, 2.75) is 32.1 Å². The van der Waals surface area contributed by atoms with Gasteiger partial charge in [0.15, 0.2) is 0 Å². The zero-order valence-corrected chi connectivity index (χ0v) is 11.6. The highest BCUT2D eigenvalue weighted by Crippen LogP contribution is 2.35. The Hall–Kier alpha value is -1.86. The Labute approximate surface area is 119 Å². The van der Waals surface area contributed by atoms with E-state index in [0.717, 1.165) is 25.7 Å². The van der Waals surface area contributed by atoms with Crippen molar-refractivity contribution in [3.8, 4) is 6.07 Å². The summed E-state index contributed by atoms with van der Waals surface area (Å²) in [7, 11) is 0. The summed E-state index contributed by atoms with van der Waals surface area (Å²) in [5, 5.41) is 21.4. The van der Waals surface area contributed by atoms with Gasteiger partial charge in [-0.2, -0.15) is 5.26 Å². The second-order valence-corrected chi connectivity index (χ2v) is 5.59. The Morgan fingerprint density at radius 2 is 2.10 bits per heavy atom. The van der Waals surface area contributed by atoms with Gasteiger partial charge in [-0.25, -0.2) is 0 Å². The molecule has 0 heterocycles. The van der Waals surface area contributed by atoms with E-state index in [1.54, 1.807) is 24.3 Å². The van der Waals surface area contributed by atoms with E-state index in [1.165, 1.54) is 6.42 Å². The van der Waals surface area contributed by atoms with Crippen molar-refractivity contribution < 1.29 is 9.90 Å². The molecule has 1 amide bonds. The minimum absolute atomic E-state index is 0.117. The number of hydrogen-bond acceptors (Lipinski definition) is 3. The van der Waals surface area contributed by atoms with E-state index in [9.17, 15) is 9.90 Å². The zero-order valence-electron chi connectivity index (χ0n) is 11.6. The van der Waals surface area contributed by atoms with E-state index in [1.807, 2.05) is 6.07 Å². The molecule has 0 radical (unpaired) electrons. The molecule has 1 aromatic carbocycles. The third-order valence-corrected chi connectivity index (χ3v) is 4.13. The highest BCUT2D eigenvalue weighted by molar-refractivity contribution is 5.94. The van der Waals surface area contributed by atoms with Gasteiger partial charge in [0.05, 0.1) is 18.2 Å². The van der Waals surface area contributed by atoms with Crippen LogP contribution in [0.3, 0.4) is 0 Å². The predicted molar refractivity (Wildman–Crippen MR) is 76.1 cm³/mol. The van der Waals surface area contributed by atoms with Crippen molar-refractivity contribution in [2.24, 2.45) is 5.41 Å². The van der Waals surface area contributed by atoms with E-state index in [4.69, 9.17) is 5.26 Å². The number of hydrogen-bond donors (Lipinski definition) is 2. The summed E-state index contributed by atoms with van der Waals surface area (Å²) in [5.41, 5.74) is 0.806. The number of nitriles is 1. The molecule has 0 aliphatic heterocycles. The zero-order chi connectivity index (χ0) is 14.4. The van der Waals surface area contributed by atoms with Crippen LogP contribution in [0.15, 0.2) is 24.3 Å². The second kappa shape index (κ2) is 6.53. The Kier molecular flexibility index (Phi) is 4.75. The molecule has 0 spiro atoms. The number of nitrogens with one attached hydrogen (secondary N) is 1. The Morgan fingerprint density at radius 3 is 2.75 bits per heavy atom. The number of nitrogens with zero attached hydrogens (tertiary/aromatic N) is 1. The Bertz CT molecular complexity index is 513. The molecule has 0 saturated heterocycles. The molecule has 4 nitrogen and oxygen atoms in total. The molecule has 1 aliphatic carbocycles. The summed E-state index contributed by atoms with van der Waals surface area (Å²) < 4.78 is 0. The molecule has 0 unspecified atom stereocenters. The lowest BCUT2D eigenvalue weighted by molar-refractivity contribution is 0.0718. The maximum Gasteiger partial charge on any atom is 0.251 e. The third kappa shape index (κ3) is 3.37. The van der Waals surface area contributed by atoms with Crippen molar-refractivity contribution >= 4 is 5.91 Å². The molecule has 2 rings (SSSR count). The summed E-state index contributed by atoms with van der Waals surface area (Å²) in [6.07, 6.45) is 5.35. The molecule has 4 heteroatoms. The number of carbonyl (C=O) groups is 1. The van der Waals surface area contributed by atoms with Gasteiger partial charge in [-0.1, -0.05) is 25.3 Å². The van der Waals surface area contributed by atoms with Crippen molar-refractivity contribution in [3.63, 3.8) is 0 Å². The molecular formula is C16H20N2O2. The fourth-order valence-corrected chi connectivity index (χ4v) is 2.79. The fraction of sp³-hybridized carbons (Fsp3) is 0.500. The van der Waals surface area contributed by atoms with Gasteiger partial charge in [0.1, 0.15) is 0 Å². The van der Waals surface area contributed by atoms with Crippen molar-refractivity contribution in [1.29, 1.82) is 5.26 Å². The molecule has 0 atom stereocenters. The van der Waals surface area contributed by atoms with Gasteiger partial charge in [0, 0.05) is 17.5 Å². The first-order valence-corrected chi connectivity index (χ1v) is 7.08. The lowest BCUT2D eigenvalue weighted by Crippen LogP contribution is -2.41. The van der Waals surface area contributed by atoms with Crippen molar-refractivity contribution in [2.75, 3.05) is 13.2 Å². The predicted octanol–water partition coefficient (Wildman–Crippen LogP) is 2.23. The van der Waals surface area contributed by atoms with Gasteiger partial charge in [-0.05, 0) is 31.0 Å². The molecule has 0 aromatic heterocycles. The fourth-order valence-electron chi connectivity index (χ4n) is 2.79. The average molecular weight is 272 g/mol. The SMILES string of the molecule is N#Cc1cccc(C(=O)NCC2(CO)CCCCC2)c1. The minimum atomic E-state index is -0.180. The average Bonchev–Trinajstić information content (AvgIpc) is 2.53. The smallest absolute Gasteiger partial charge is 0.251 e. The van der Waals surface area contributed by atoms with Crippen LogP contribution in [0.5, 0.6) is 0 Å². The van der Waals surface area contributed by atoms with Gasteiger partial charge in [-0.3, -0.25) is 4.79 Å². The van der Waals surface area contributed by atoms with Gasteiger partial charge < -0.3 is 10.4 Å². The number of amides is 1. The minimum Gasteiger partial charge on any atom is -0.396 e. The highest BCUT2D eigenvalue weighted by atomic mass is 16.3. The summed E-state index contributed by atoms with van der Waals surface area (Å²) in [4.78, 5) is 12.1. The molecule has 1 aromatic rings. The van der Waals surface area contributed by atoms with Crippen LogP contribution in [-0.4, -0.2) is 24.2 Å². The lowest BCUT2D eigenvalue weighted by Gasteiger charge is -2.35. The van der Waals surface area contributed by atoms with Gasteiger partial charge >= 0.3 is 0 Å². The second-order valence-electron chi connectivity index (χ2n) is 5.59. The van der Waals surface area contributed by atoms with Crippen LogP contribution in [0.2, 0.25) is 0 Å². The Balaban J connectivity index is 1.99. The molecule has 0 bridgehead atoms. The molecule has 20 heavy (non-hydrogen) atoms.